The summed E-state index contributed by atoms with van der Waals surface area (Å²) in [5.74, 6) is -0.155. The second kappa shape index (κ2) is 6.99. The topological polar surface area (TPSA) is 19.4 Å². The number of aryl methyl sites for hydroxylation is 1. The molecule has 1 unspecified atom stereocenters. The fourth-order valence-corrected chi connectivity index (χ4v) is 3.98. The molecule has 4 rings (SSSR count). The van der Waals surface area contributed by atoms with Gasteiger partial charge in [0.05, 0.1) is 11.7 Å². The summed E-state index contributed by atoms with van der Waals surface area (Å²) in [6, 6.07) is 11.7. The van der Waals surface area contributed by atoms with Crippen LogP contribution in [0.2, 0.25) is 0 Å². The van der Waals surface area contributed by atoms with Gasteiger partial charge in [-0.3, -0.25) is 9.88 Å². The number of piperazine rings is 1. The molecule has 1 aliphatic carbocycles. The minimum absolute atomic E-state index is 0.155. The van der Waals surface area contributed by atoms with Crippen LogP contribution in [0, 0.1) is 5.82 Å². The monoisotopic (exact) mass is 325 g/mol. The highest BCUT2D eigenvalue weighted by atomic mass is 19.1. The third-order valence-corrected chi connectivity index (χ3v) is 5.41. The predicted octanol–water partition coefficient (Wildman–Crippen LogP) is 3.07. The minimum atomic E-state index is -0.155. The van der Waals surface area contributed by atoms with Gasteiger partial charge in [0.1, 0.15) is 5.82 Å². The van der Waals surface area contributed by atoms with Crippen LogP contribution in [0.1, 0.15) is 29.3 Å². The number of fused-ring (bicyclic) bond motifs is 1. The van der Waals surface area contributed by atoms with E-state index in [9.17, 15) is 4.39 Å². The maximum Gasteiger partial charge on any atom is 0.123 e. The zero-order valence-electron chi connectivity index (χ0n) is 14.0. The van der Waals surface area contributed by atoms with E-state index < -0.39 is 0 Å². The molecule has 2 heterocycles. The molecule has 1 aromatic heterocycles. The fourth-order valence-electron chi connectivity index (χ4n) is 3.98. The Bertz CT molecular complexity index is 678. The van der Waals surface area contributed by atoms with E-state index >= 15 is 0 Å². The molecule has 0 saturated carbocycles. The quantitative estimate of drug-likeness (QED) is 0.861. The molecule has 0 N–H and O–H groups in total. The minimum Gasteiger partial charge on any atom is -0.300 e. The van der Waals surface area contributed by atoms with Gasteiger partial charge in [0.25, 0.3) is 0 Å². The summed E-state index contributed by atoms with van der Waals surface area (Å²) in [6.45, 7) is 5.51. The smallest absolute Gasteiger partial charge is 0.123 e. The Hall–Kier alpha value is -1.78. The molecule has 0 radical (unpaired) electrons. The van der Waals surface area contributed by atoms with Crippen LogP contribution in [-0.2, 0) is 12.8 Å². The number of benzene rings is 1. The van der Waals surface area contributed by atoms with Crippen molar-refractivity contribution in [1.29, 1.82) is 0 Å². The Morgan fingerprint density at radius 2 is 1.83 bits per heavy atom. The maximum absolute atomic E-state index is 13.0. The molecule has 0 amide bonds. The van der Waals surface area contributed by atoms with Gasteiger partial charge in [-0.25, -0.2) is 4.39 Å². The molecule has 0 bridgehead atoms. The molecule has 0 spiro atoms. The summed E-state index contributed by atoms with van der Waals surface area (Å²) in [6.07, 6.45) is 5.30. The Labute approximate surface area is 143 Å². The molecule has 1 aliphatic heterocycles. The Balaban J connectivity index is 1.29. The number of hydrogen-bond acceptors (Lipinski definition) is 3. The predicted molar refractivity (Wildman–Crippen MR) is 93.4 cm³/mol. The van der Waals surface area contributed by atoms with Crippen LogP contribution >= 0.6 is 0 Å². The second-order valence-electron chi connectivity index (χ2n) is 6.86. The normalized spacial score (nSPS) is 21.8. The van der Waals surface area contributed by atoms with Crippen LogP contribution < -0.4 is 0 Å². The highest BCUT2D eigenvalue weighted by Crippen LogP contribution is 2.34. The van der Waals surface area contributed by atoms with Crippen molar-refractivity contribution < 1.29 is 4.39 Å². The van der Waals surface area contributed by atoms with Gasteiger partial charge in [-0.05, 0) is 48.6 Å². The molecule has 1 atom stereocenters. The van der Waals surface area contributed by atoms with Gasteiger partial charge in [0.15, 0.2) is 0 Å². The van der Waals surface area contributed by atoms with Gasteiger partial charge in [-0.1, -0.05) is 18.2 Å². The van der Waals surface area contributed by atoms with Crippen LogP contribution in [-0.4, -0.2) is 47.5 Å². The molecule has 2 aliphatic rings. The standard InChI is InChI=1S/C20H24FN3/c21-18-6-3-16(4-7-18)9-11-23-12-14-24(15-13-23)19-8-5-17-2-1-10-22-20(17)19/h1-4,6-7,10,19H,5,8-9,11-15H2. The van der Waals surface area contributed by atoms with Gasteiger partial charge < -0.3 is 4.90 Å². The van der Waals surface area contributed by atoms with Crippen molar-refractivity contribution in [2.45, 2.75) is 25.3 Å². The van der Waals surface area contributed by atoms with E-state index in [0.29, 0.717) is 6.04 Å². The van der Waals surface area contributed by atoms with Gasteiger partial charge >= 0.3 is 0 Å². The molecule has 24 heavy (non-hydrogen) atoms. The molecule has 4 heteroatoms. The third-order valence-electron chi connectivity index (χ3n) is 5.41. The molecular formula is C20H24FN3. The van der Waals surface area contributed by atoms with Crippen molar-refractivity contribution >= 4 is 0 Å². The van der Waals surface area contributed by atoms with E-state index in [4.69, 9.17) is 0 Å². The molecule has 126 valence electrons. The first kappa shape index (κ1) is 15.7. The van der Waals surface area contributed by atoms with E-state index in [-0.39, 0.29) is 5.82 Å². The van der Waals surface area contributed by atoms with Gasteiger partial charge in [-0.2, -0.15) is 0 Å². The van der Waals surface area contributed by atoms with E-state index in [1.165, 1.54) is 29.7 Å². The largest absolute Gasteiger partial charge is 0.300 e. The highest BCUT2D eigenvalue weighted by molar-refractivity contribution is 5.28. The van der Waals surface area contributed by atoms with Crippen molar-refractivity contribution in [1.82, 2.24) is 14.8 Å². The lowest BCUT2D eigenvalue weighted by Gasteiger charge is -2.38. The average molecular weight is 325 g/mol. The second-order valence-corrected chi connectivity index (χ2v) is 6.86. The fraction of sp³-hybridized carbons (Fsp3) is 0.450. The first-order valence-corrected chi connectivity index (χ1v) is 8.94. The number of aromatic nitrogens is 1. The van der Waals surface area contributed by atoms with Crippen LogP contribution in [0.3, 0.4) is 0 Å². The van der Waals surface area contributed by atoms with Gasteiger partial charge in [0.2, 0.25) is 0 Å². The molecule has 1 aromatic carbocycles. The van der Waals surface area contributed by atoms with Crippen LogP contribution in [0.15, 0.2) is 42.6 Å². The van der Waals surface area contributed by atoms with E-state index in [0.717, 1.165) is 39.1 Å². The Morgan fingerprint density at radius 3 is 2.62 bits per heavy atom. The first-order valence-electron chi connectivity index (χ1n) is 8.94. The van der Waals surface area contributed by atoms with Crippen LogP contribution in [0.5, 0.6) is 0 Å². The zero-order valence-corrected chi connectivity index (χ0v) is 14.0. The van der Waals surface area contributed by atoms with Crippen molar-refractivity contribution in [3.63, 3.8) is 0 Å². The summed E-state index contributed by atoms with van der Waals surface area (Å²) in [5.41, 5.74) is 3.95. The summed E-state index contributed by atoms with van der Waals surface area (Å²) in [4.78, 5) is 9.76. The van der Waals surface area contributed by atoms with E-state index in [1.54, 1.807) is 12.1 Å². The number of nitrogens with zero attached hydrogens (tertiary/aromatic N) is 3. The van der Waals surface area contributed by atoms with E-state index in [2.05, 4.69) is 26.9 Å². The Kier molecular flexibility index (Phi) is 4.58. The summed E-state index contributed by atoms with van der Waals surface area (Å²) >= 11 is 0. The van der Waals surface area contributed by atoms with E-state index in [1.807, 2.05) is 18.3 Å². The molecule has 1 fully saturated rings. The lowest BCUT2D eigenvalue weighted by atomic mass is 10.1. The lowest BCUT2D eigenvalue weighted by molar-refractivity contribution is 0.0953. The Morgan fingerprint density at radius 1 is 1.04 bits per heavy atom. The van der Waals surface area contributed by atoms with Crippen LogP contribution in [0.4, 0.5) is 4.39 Å². The molecule has 1 saturated heterocycles. The number of rotatable bonds is 4. The number of hydrogen-bond donors (Lipinski definition) is 0. The molecular weight excluding hydrogens is 301 g/mol. The molecule has 2 aromatic rings. The number of pyridine rings is 1. The molecule has 3 nitrogen and oxygen atoms in total. The third kappa shape index (κ3) is 3.35. The summed E-state index contributed by atoms with van der Waals surface area (Å²) in [5, 5.41) is 0. The van der Waals surface area contributed by atoms with Crippen LogP contribution in [0.25, 0.3) is 0 Å². The first-order chi connectivity index (χ1) is 11.8. The summed E-state index contributed by atoms with van der Waals surface area (Å²) in [7, 11) is 0. The van der Waals surface area contributed by atoms with Crippen molar-refractivity contribution in [3.05, 3.63) is 65.2 Å². The maximum atomic E-state index is 13.0. The van der Waals surface area contributed by atoms with Gasteiger partial charge in [0, 0.05) is 38.9 Å². The summed E-state index contributed by atoms with van der Waals surface area (Å²) < 4.78 is 13.0. The van der Waals surface area contributed by atoms with Crippen molar-refractivity contribution in [2.24, 2.45) is 0 Å². The average Bonchev–Trinajstić information content (AvgIpc) is 3.06. The zero-order chi connectivity index (χ0) is 16.4. The highest BCUT2D eigenvalue weighted by Gasteiger charge is 2.30. The number of halogens is 1. The van der Waals surface area contributed by atoms with Crippen molar-refractivity contribution in [3.8, 4) is 0 Å². The van der Waals surface area contributed by atoms with Gasteiger partial charge in [-0.15, -0.1) is 0 Å². The van der Waals surface area contributed by atoms with Crippen molar-refractivity contribution in [2.75, 3.05) is 32.7 Å². The SMILES string of the molecule is Fc1ccc(CCN2CCN(C3CCc4cccnc43)CC2)cc1. The lowest BCUT2D eigenvalue weighted by Crippen LogP contribution is -2.47.